The number of phenolic OH excluding ortho intramolecular Hbond substituents is 2. The highest BCUT2D eigenvalue weighted by Crippen LogP contribution is 2.52. The molecule has 1 saturated heterocycles. The number of aliphatic hydroxyl groups excluding tert-OH is 2. The molecule has 0 bridgehead atoms. The number of urea groups is 1. The van der Waals surface area contributed by atoms with Gasteiger partial charge in [0.15, 0.2) is 17.9 Å². The predicted octanol–water partition coefficient (Wildman–Crippen LogP) is 0.0708. The first-order valence-corrected chi connectivity index (χ1v) is 23.9. The summed E-state index contributed by atoms with van der Waals surface area (Å²) in [5.74, 6) is -6.35. The van der Waals surface area contributed by atoms with E-state index < -0.39 is 160 Å². The number of primary amides is 1. The molecule has 0 aromatic heterocycles. The van der Waals surface area contributed by atoms with Crippen LogP contribution in [0.4, 0.5) is 15.3 Å². The number of ketones is 3. The molecular weight excluding hydrogens is 973 g/mol. The first kappa shape index (κ1) is 54.6. The van der Waals surface area contributed by atoms with Crippen LogP contribution < -0.4 is 37.5 Å². The lowest BCUT2D eigenvalue weighted by atomic mass is 9.72. The molecular formula is C46H56N6O19S. The molecule has 1 fully saturated rings. The third-order valence-corrected chi connectivity index (χ3v) is 13.6. The summed E-state index contributed by atoms with van der Waals surface area (Å²) < 4.78 is 57.9. The molecule has 6 rings (SSSR count). The van der Waals surface area contributed by atoms with Crippen LogP contribution in [0.2, 0.25) is 0 Å². The van der Waals surface area contributed by atoms with Gasteiger partial charge in [-0.15, -0.1) is 0 Å². The Labute approximate surface area is 411 Å². The van der Waals surface area contributed by atoms with Crippen LogP contribution in [0.3, 0.4) is 0 Å². The van der Waals surface area contributed by atoms with Crippen LogP contribution in [0.1, 0.15) is 101 Å². The molecule has 1 heterocycles. The number of carbonyl (C=O) groups is 7. The van der Waals surface area contributed by atoms with Crippen LogP contribution in [0, 0.1) is 5.92 Å². The number of rotatable bonds is 18. The number of ether oxygens (including phenoxy) is 4. The second-order valence-electron chi connectivity index (χ2n) is 17.9. The zero-order valence-corrected chi connectivity index (χ0v) is 40.1. The number of nitrogens with two attached hydrogens (primary N) is 2. The van der Waals surface area contributed by atoms with Gasteiger partial charge in [-0.1, -0.05) is 32.0 Å². The molecule has 390 valence electrons. The summed E-state index contributed by atoms with van der Waals surface area (Å²) in [5.41, 5.74) is 5.90. The van der Waals surface area contributed by atoms with Crippen LogP contribution in [-0.4, -0.2) is 142 Å². The first-order chi connectivity index (χ1) is 33.8. The third kappa shape index (κ3) is 11.4. The van der Waals surface area contributed by atoms with E-state index in [0.29, 0.717) is 0 Å². The highest BCUT2D eigenvalue weighted by Gasteiger charge is 2.50. The summed E-state index contributed by atoms with van der Waals surface area (Å²) in [6.45, 7) is 2.86. The van der Waals surface area contributed by atoms with Gasteiger partial charge in [0.2, 0.25) is 17.6 Å². The van der Waals surface area contributed by atoms with Crippen LogP contribution in [-0.2, 0) is 51.7 Å². The zero-order valence-electron chi connectivity index (χ0n) is 39.3. The molecule has 72 heavy (non-hydrogen) atoms. The van der Waals surface area contributed by atoms with Gasteiger partial charge >= 0.3 is 12.1 Å². The van der Waals surface area contributed by atoms with Crippen molar-refractivity contribution in [2.75, 3.05) is 25.6 Å². The van der Waals surface area contributed by atoms with Crippen LogP contribution in [0.25, 0.3) is 0 Å². The van der Waals surface area contributed by atoms with Gasteiger partial charge in [-0.3, -0.25) is 28.5 Å². The monoisotopic (exact) mass is 1030 g/mol. The van der Waals surface area contributed by atoms with Gasteiger partial charge in [-0.05, 0) is 43.9 Å². The lowest BCUT2D eigenvalue weighted by molar-refractivity contribution is -0.249. The number of hydrogen-bond donors (Lipinski definition) is 12. The normalized spacial score (nSPS) is 22.3. The number of alkyl carbamates (subject to hydrolysis) is 1. The topological polar surface area (TPSA) is 412 Å². The first-order valence-electron chi connectivity index (χ1n) is 22.5. The van der Waals surface area contributed by atoms with E-state index in [0.717, 1.165) is 12.1 Å². The highest BCUT2D eigenvalue weighted by atomic mass is 32.2. The van der Waals surface area contributed by atoms with Crippen molar-refractivity contribution in [1.82, 2.24) is 16.0 Å². The number of benzene rings is 3. The van der Waals surface area contributed by atoms with Gasteiger partial charge in [0, 0.05) is 53.7 Å². The summed E-state index contributed by atoms with van der Waals surface area (Å²) in [6.07, 6.45) is -8.59. The van der Waals surface area contributed by atoms with E-state index in [2.05, 4.69) is 21.3 Å². The Morgan fingerprint density at radius 1 is 1.00 bits per heavy atom. The maximum Gasteiger partial charge on any atom is 0.407 e. The number of methoxy groups -OCH3 is 1. The minimum absolute atomic E-state index is 0.00574. The molecule has 0 saturated carbocycles. The van der Waals surface area contributed by atoms with Crippen molar-refractivity contribution < 1.29 is 91.0 Å². The molecule has 3 aromatic carbocycles. The van der Waals surface area contributed by atoms with E-state index in [-0.39, 0.29) is 64.6 Å². The minimum Gasteiger partial charge on any atom is -0.507 e. The van der Waals surface area contributed by atoms with E-state index in [9.17, 15) is 72.1 Å². The van der Waals surface area contributed by atoms with Gasteiger partial charge < -0.3 is 77.2 Å². The molecule has 8 atom stereocenters. The number of Topliss-reactive ketones (excluding diaryl/α,β-unsaturated/α-hetero) is 1. The molecule has 3 aromatic rings. The molecule has 25 nitrogen and oxygen atoms in total. The van der Waals surface area contributed by atoms with Crippen molar-refractivity contribution in [2.45, 2.75) is 113 Å². The average Bonchev–Trinajstić information content (AvgIpc) is 3.32. The van der Waals surface area contributed by atoms with Crippen molar-refractivity contribution in [1.29, 1.82) is 0 Å². The van der Waals surface area contributed by atoms with Gasteiger partial charge in [-0.2, -0.15) is 8.42 Å². The standard InChI is InChI=1S/C46H56N6O19S/c1-19(2)36(47)43(61)51-25(8-6-12-49-44(48)62)42(60)50-22-11-10-21(29(13-22)72(65,66)67)18-69-45(63)52-26-14-31(70-20(3)37(26)55)71-28-16-46(64,30(54)17-53)15-24-33(28)41(59)35-34(39(24)57)38(56)23-7-5-9-27(68-4)32(23)40(35)58/h5,7,9-11,13,19-20,25-26,28,31,36-37,53,55,57,59,64H,6,8,12,14-18,47H2,1-4H3,(H,50,60)(H,51,61)(H,52,63)(H3,48,49,62)(H,65,66,67)/t20-,25?,26-,28-,31-,36?,37+,46-/m0/s1. The van der Waals surface area contributed by atoms with Crippen molar-refractivity contribution in [3.63, 3.8) is 0 Å². The van der Waals surface area contributed by atoms with Gasteiger partial charge in [0.1, 0.15) is 53.1 Å². The number of amides is 5. The van der Waals surface area contributed by atoms with E-state index in [1.165, 1.54) is 38.3 Å². The molecule has 26 heteroatoms. The maximum absolute atomic E-state index is 14.0. The van der Waals surface area contributed by atoms with Crippen molar-refractivity contribution in [3.8, 4) is 17.2 Å². The zero-order chi connectivity index (χ0) is 53.1. The van der Waals surface area contributed by atoms with E-state index in [1.54, 1.807) is 13.8 Å². The fraction of sp³-hybridized carbons (Fsp3) is 0.457. The molecule has 1 aliphatic heterocycles. The Balaban J connectivity index is 1.19. The highest BCUT2D eigenvalue weighted by molar-refractivity contribution is 7.85. The number of hydrogen-bond acceptors (Lipinski definition) is 19. The van der Waals surface area contributed by atoms with E-state index in [1.807, 2.05) is 0 Å². The Morgan fingerprint density at radius 3 is 2.33 bits per heavy atom. The molecule has 14 N–H and O–H groups in total. The summed E-state index contributed by atoms with van der Waals surface area (Å²) in [6, 6.07) is 3.08. The maximum atomic E-state index is 14.0. The van der Waals surface area contributed by atoms with Gasteiger partial charge in [0.05, 0.1) is 48.1 Å². The van der Waals surface area contributed by atoms with Crippen molar-refractivity contribution >= 4 is 57.1 Å². The van der Waals surface area contributed by atoms with Crippen LogP contribution in [0.15, 0.2) is 41.3 Å². The third-order valence-electron chi connectivity index (χ3n) is 12.7. The number of anilines is 1. The fourth-order valence-electron chi connectivity index (χ4n) is 8.77. The van der Waals surface area contributed by atoms with E-state index in [4.69, 9.17) is 30.4 Å². The number of nitrogens with one attached hydrogen (secondary N) is 4. The number of aliphatic hydroxyl groups is 3. The molecule has 0 spiro atoms. The van der Waals surface area contributed by atoms with Gasteiger partial charge in [-0.25, -0.2) is 9.59 Å². The van der Waals surface area contributed by atoms with E-state index >= 15 is 0 Å². The number of fused-ring (bicyclic) bond motifs is 3. The summed E-state index contributed by atoms with van der Waals surface area (Å²) in [7, 11) is -3.80. The number of carbonyl (C=O) groups excluding carboxylic acids is 7. The lowest BCUT2D eigenvalue weighted by Gasteiger charge is -2.42. The lowest BCUT2D eigenvalue weighted by Crippen LogP contribution is -2.56. The van der Waals surface area contributed by atoms with Crippen molar-refractivity contribution in [3.05, 3.63) is 75.3 Å². The van der Waals surface area contributed by atoms with Crippen LogP contribution in [0.5, 0.6) is 17.2 Å². The Bertz CT molecular complexity index is 2790. The molecule has 2 unspecified atom stereocenters. The summed E-state index contributed by atoms with van der Waals surface area (Å²) in [4.78, 5) is 90.7. The molecule has 3 aliphatic rings. The second-order valence-corrected chi connectivity index (χ2v) is 19.3. The molecule has 5 amide bonds. The second kappa shape index (κ2) is 21.9. The summed E-state index contributed by atoms with van der Waals surface area (Å²) in [5, 5.41) is 65.8. The fourth-order valence-corrected chi connectivity index (χ4v) is 9.51. The quantitative estimate of drug-likeness (QED) is 0.0356. The van der Waals surface area contributed by atoms with Crippen molar-refractivity contribution in [2.24, 2.45) is 17.4 Å². The Kier molecular flexibility index (Phi) is 16.6. The molecule has 2 aliphatic carbocycles. The largest absolute Gasteiger partial charge is 0.507 e. The SMILES string of the molecule is COc1cccc2c1C(=O)c1c(O)c3c(c(O)c1C2=O)C[C@@](O)(C(=O)CO)C[C@@H]3O[C@H]1C[C@H](NC(=O)OCc2ccc(NC(=O)C(CCCNC(N)=O)NC(=O)C(N)C(C)C)cc2S(=O)(=O)O)[C@H](O)[C@H](C)O1. The Morgan fingerprint density at radius 2 is 1.69 bits per heavy atom. The van der Waals surface area contributed by atoms with Crippen LogP contribution >= 0.6 is 0 Å². The number of phenols is 2. The minimum atomic E-state index is -5.06. The molecule has 0 radical (unpaired) electrons. The number of aromatic hydroxyl groups is 2. The smallest absolute Gasteiger partial charge is 0.407 e. The summed E-state index contributed by atoms with van der Waals surface area (Å²) >= 11 is 0. The predicted molar refractivity (Wildman–Crippen MR) is 247 cm³/mol. The average molecular weight is 1030 g/mol. The van der Waals surface area contributed by atoms with Gasteiger partial charge in [0.25, 0.3) is 10.1 Å². The Hall–Kier alpha value is -6.78.